The van der Waals surface area contributed by atoms with Crippen molar-refractivity contribution < 1.29 is 0 Å². The van der Waals surface area contributed by atoms with Gasteiger partial charge in [-0.05, 0) is 37.7 Å². The van der Waals surface area contributed by atoms with Gasteiger partial charge in [0.25, 0.3) is 0 Å². The number of para-hydroxylation sites is 1. The van der Waals surface area contributed by atoms with E-state index in [-0.39, 0.29) is 0 Å². The molecule has 20 heavy (non-hydrogen) atoms. The Kier molecular flexibility index (Phi) is 4.43. The fraction of sp³-hybridized carbons (Fsp3) is 0.438. The number of aromatic nitrogens is 2. The highest BCUT2D eigenvalue weighted by Crippen LogP contribution is 2.26. The molecule has 3 nitrogen and oxygen atoms in total. The molecule has 2 atom stereocenters. The van der Waals surface area contributed by atoms with Crippen LogP contribution in [0, 0.1) is 0 Å². The Balaban J connectivity index is 1.61. The first kappa shape index (κ1) is 13.7. The summed E-state index contributed by atoms with van der Waals surface area (Å²) in [6, 6.07) is 10.6. The van der Waals surface area contributed by atoms with Gasteiger partial charge >= 0.3 is 0 Å². The molecule has 106 valence electrons. The molecule has 1 fully saturated rings. The SMILES string of the molecule is CC(NCC1CCCS1)c1cnn(-c2ccccc2)c1. The second-order valence-electron chi connectivity index (χ2n) is 5.32. The summed E-state index contributed by atoms with van der Waals surface area (Å²) < 4.78 is 1.94. The summed E-state index contributed by atoms with van der Waals surface area (Å²) in [5.41, 5.74) is 2.36. The molecule has 2 aromatic rings. The third kappa shape index (κ3) is 3.25. The fourth-order valence-corrected chi connectivity index (χ4v) is 3.73. The van der Waals surface area contributed by atoms with Gasteiger partial charge in [-0.15, -0.1) is 0 Å². The first-order valence-electron chi connectivity index (χ1n) is 7.28. The Morgan fingerprint density at radius 2 is 2.25 bits per heavy atom. The van der Waals surface area contributed by atoms with E-state index < -0.39 is 0 Å². The first-order chi connectivity index (χ1) is 9.83. The number of hydrogen-bond donors (Lipinski definition) is 1. The minimum atomic E-state index is 0.355. The lowest BCUT2D eigenvalue weighted by Crippen LogP contribution is -2.25. The average Bonchev–Trinajstić information content (AvgIpc) is 3.17. The van der Waals surface area contributed by atoms with Crippen LogP contribution >= 0.6 is 11.8 Å². The molecule has 0 radical (unpaired) electrons. The van der Waals surface area contributed by atoms with Gasteiger partial charge < -0.3 is 5.32 Å². The molecule has 1 aromatic carbocycles. The highest BCUT2D eigenvalue weighted by atomic mass is 32.2. The summed E-state index contributed by atoms with van der Waals surface area (Å²) in [4.78, 5) is 0. The van der Waals surface area contributed by atoms with E-state index in [0.717, 1.165) is 17.5 Å². The van der Waals surface area contributed by atoms with E-state index in [4.69, 9.17) is 0 Å². The zero-order valence-corrected chi connectivity index (χ0v) is 12.6. The second kappa shape index (κ2) is 6.46. The van der Waals surface area contributed by atoms with Crippen LogP contribution in [0.4, 0.5) is 0 Å². The van der Waals surface area contributed by atoms with Crippen molar-refractivity contribution in [2.24, 2.45) is 0 Å². The number of thioether (sulfide) groups is 1. The summed E-state index contributed by atoms with van der Waals surface area (Å²) >= 11 is 2.10. The van der Waals surface area contributed by atoms with Gasteiger partial charge in [-0.2, -0.15) is 16.9 Å². The predicted molar refractivity (Wildman–Crippen MR) is 85.5 cm³/mol. The van der Waals surface area contributed by atoms with E-state index in [1.165, 1.54) is 24.2 Å². The molecule has 0 saturated carbocycles. The third-order valence-electron chi connectivity index (χ3n) is 3.80. The maximum absolute atomic E-state index is 4.46. The van der Waals surface area contributed by atoms with Crippen molar-refractivity contribution >= 4 is 11.8 Å². The highest BCUT2D eigenvalue weighted by Gasteiger charge is 2.17. The molecule has 4 heteroatoms. The molecule has 0 spiro atoms. The monoisotopic (exact) mass is 287 g/mol. The Labute approximate surface area is 124 Å². The van der Waals surface area contributed by atoms with Gasteiger partial charge in [0.2, 0.25) is 0 Å². The molecular formula is C16H21N3S. The van der Waals surface area contributed by atoms with Crippen LogP contribution in [0.3, 0.4) is 0 Å². The van der Waals surface area contributed by atoms with Crippen molar-refractivity contribution in [2.45, 2.75) is 31.1 Å². The molecule has 0 aliphatic carbocycles. The van der Waals surface area contributed by atoms with E-state index in [0.29, 0.717) is 6.04 Å². The number of nitrogens with one attached hydrogen (secondary N) is 1. The normalized spacial score (nSPS) is 20.1. The lowest BCUT2D eigenvalue weighted by molar-refractivity contribution is 0.559. The number of nitrogens with zero attached hydrogens (tertiary/aromatic N) is 2. The molecule has 2 heterocycles. The van der Waals surface area contributed by atoms with Gasteiger partial charge in [0, 0.05) is 29.6 Å². The largest absolute Gasteiger partial charge is 0.309 e. The van der Waals surface area contributed by atoms with Crippen LogP contribution in [0.5, 0.6) is 0 Å². The summed E-state index contributed by atoms with van der Waals surface area (Å²) in [7, 11) is 0. The minimum Gasteiger partial charge on any atom is -0.309 e. The van der Waals surface area contributed by atoms with Gasteiger partial charge in [-0.25, -0.2) is 4.68 Å². The molecule has 0 bridgehead atoms. The summed E-state index contributed by atoms with van der Waals surface area (Å²) in [5, 5.41) is 8.88. The molecule has 0 amide bonds. The lowest BCUT2D eigenvalue weighted by Gasteiger charge is -2.15. The van der Waals surface area contributed by atoms with Crippen LogP contribution in [0.25, 0.3) is 5.69 Å². The molecule has 2 unspecified atom stereocenters. The van der Waals surface area contributed by atoms with E-state index in [9.17, 15) is 0 Å². The number of rotatable bonds is 5. The fourth-order valence-electron chi connectivity index (χ4n) is 2.51. The lowest BCUT2D eigenvalue weighted by atomic mass is 10.2. The van der Waals surface area contributed by atoms with Crippen LogP contribution in [-0.4, -0.2) is 27.3 Å². The summed E-state index contributed by atoms with van der Waals surface area (Å²) in [6.07, 6.45) is 6.81. The topological polar surface area (TPSA) is 29.9 Å². The quantitative estimate of drug-likeness (QED) is 0.914. The van der Waals surface area contributed by atoms with Gasteiger partial charge in [0.05, 0.1) is 11.9 Å². The maximum atomic E-state index is 4.46. The standard InChI is InChI=1S/C16H21N3S/c1-13(17-11-16-8-5-9-20-16)14-10-18-19(12-14)15-6-3-2-4-7-15/h2-4,6-7,10,12-13,16-17H,5,8-9,11H2,1H3. The smallest absolute Gasteiger partial charge is 0.0645 e. The van der Waals surface area contributed by atoms with E-state index >= 15 is 0 Å². The van der Waals surface area contributed by atoms with Crippen molar-refractivity contribution in [1.82, 2.24) is 15.1 Å². The van der Waals surface area contributed by atoms with Crippen molar-refractivity contribution in [3.8, 4) is 5.69 Å². The van der Waals surface area contributed by atoms with E-state index in [2.05, 4.69) is 47.4 Å². The first-order valence-corrected chi connectivity index (χ1v) is 8.33. The Bertz CT molecular complexity index is 532. The third-order valence-corrected chi connectivity index (χ3v) is 5.20. The zero-order chi connectivity index (χ0) is 13.8. The second-order valence-corrected chi connectivity index (χ2v) is 6.73. The van der Waals surface area contributed by atoms with Crippen LogP contribution in [0.1, 0.15) is 31.4 Å². The van der Waals surface area contributed by atoms with E-state index in [1.807, 2.05) is 29.1 Å². The van der Waals surface area contributed by atoms with Gasteiger partial charge in [0.15, 0.2) is 0 Å². The molecule has 3 rings (SSSR count). The van der Waals surface area contributed by atoms with Crippen LogP contribution in [-0.2, 0) is 0 Å². The molecule has 1 aliphatic heterocycles. The Hall–Kier alpha value is -1.26. The van der Waals surface area contributed by atoms with E-state index in [1.54, 1.807) is 0 Å². The highest BCUT2D eigenvalue weighted by molar-refractivity contribution is 8.00. The van der Waals surface area contributed by atoms with Gasteiger partial charge in [-0.1, -0.05) is 18.2 Å². The zero-order valence-electron chi connectivity index (χ0n) is 11.8. The summed E-state index contributed by atoms with van der Waals surface area (Å²) in [6.45, 7) is 3.31. The Morgan fingerprint density at radius 3 is 3.00 bits per heavy atom. The molecule has 1 N–H and O–H groups in total. The molecule has 1 aromatic heterocycles. The Morgan fingerprint density at radius 1 is 1.40 bits per heavy atom. The van der Waals surface area contributed by atoms with Crippen molar-refractivity contribution in [1.29, 1.82) is 0 Å². The van der Waals surface area contributed by atoms with Crippen molar-refractivity contribution in [3.63, 3.8) is 0 Å². The van der Waals surface area contributed by atoms with Crippen molar-refractivity contribution in [2.75, 3.05) is 12.3 Å². The van der Waals surface area contributed by atoms with Gasteiger partial charge in [-0.3, -0.25) is 0 Å². The number of benzene rings is 1. The molecule has 1 saturated heterocycles. The number of hydrogen-bond acceptors (Lipinski definition) is 3. The molecular weight excluding hydrogens is 266 g/mol. The van der Waals surface area contributed by atoms with Gasteiger partial charge in [0.1, 0.15) is 0 Å². The van der Waals surface area contributed by atoms with Crippen LogP contribution in [0.15, 0.2) is 42.7 Å². The minimum absolute atomic E-state index is 0.355. The maximum Gasteiger partial charge on any atom is 0.0645 e. The summed E-state index contributed by atoms with van der Waals surface area (Å²) in [5.74, 6) is 1.33. The van der Waals surface area contributed by atoms with Crippen LogP contribution < -0.4 is 5.32 Å². The predicted octanol–water partition coefficient (Wildman–Crippen LogP) is 3.42. The average molecular weight is 287 g/mol. The van der Waals surface area contributed by atoms with Crippen molar-refractivity contribution in [3.05, 3.63) is 48.3 Å². The van der Waals surface area contributed by atoms with Crippen LogP contribution in [0.2, 0.25) is 0 Å². The molecule has 1 aliphatic rings.